The first kappa shape index (κ1) is 30.2. The molecule has 0 radical (unpaired) electrons. The quantitative estimate of drug-likeness (QED) is 0.423. The summed E-state index contributed by atoms with van der Waals surface area (Å²) in [5.41, 5.74) is 0.225. The van der Waals surface area contributed by atoms with Crippen molar-refractivity contribution in [3.05, 3.63) is 71.8 Å². The van der Waals surface area contributed by atoms with E-state index in [9.17, 15) is 9.59 Å². The van der Waals surface area contributed by atoms with E-state index in [0.29, 0.717) is 36.7 Å². The topological polar surface area (TPSA) is 109 Å². The van der Waals surface area contributed by atoms with Crippen molar-refractivity contribution >= 4 is 30.0 Å². The zero-order chi connectivity index (χ0) is 29.3. The zero-order valence-corrected chi connectivity index (χ0v) is 24.4. The molecular weight excluding hydrogens is 508 g/mol. The third kappa shape index (κ3) is 9.78. The maximum Gasteiger partial charge on any atom is 0.416 e. The van der Waals surface area contributed by atoms with Crippen LogP contribution in [0.25, 0.3) is 0 Å². The van der Waals surface area contributed by atoms with Gasteiger partial charge in [-0.2, -0.15) is 0 Å². The smallest absolute Gasteiger partial charge is 0.416 e. The van der Waals surface area contributed by atoms with E-state index in [4.69, 9.17) is 14.5 Å². The number of aliphatic imine (C=N–C) groups is 1. The number of allylic oxidation sites excluding steroid dienone is 3. The van der Waals surface area contributed by atoms with Crippen molar-refractivity contribution < 1.29 is 19.1 Å². The third-order valence-corrected chi connectivity index (χ3v) is 5.37. The number of nitrogens with zero attached hydrogens (tertiary/aromatic N) is 5. The van der Waals surface area contributed by atoms with Crippen LogP contribution in [0.2, 0.25) is 0 Å². The highest BCUT2D eigenvalue weighted by atomic mass is 16.6. The molecule has 2 amide bonds. The molecule has 0 aromatic carbocycles. The molecule has 1 aliphatic heterocycles. The van der Waals surface area contributed by atoms with Gasteiger partial charge in [-0.1, -0.05) is 12.1 Å². The summed E-state index contributed by atoms with van der Waals surface area (Å²) >= 11 is 0. The average molecular weight is 548 g/mol. The summed E-state index contributed by atoms with van der Waals surface area (Å²) < 4.78 is 11.1. The number of aromatic nitrogens is 2. The second-order valence-corrected chi connectivity index (χ2v) is 11.2. The minimum atomic E-state index is -0.676. The van der Waals surface area contributed by atoms with Gasteiger partial charge in [-0.3, -0.25) is 9.80 Å². The lowest BCUT2D eigenvalue weighted by Gasteiger charge is -2.27. The summed E-state index contributed by atoms with van der Waals surface area (Å²) in [5, 5.41) is 3.24. The van der Waals surface area contributed by atoms with E-state index in [1.165, 1.54) is 9.80 Å². The van der Waals surface area contributed by atoms with Crippen LogP contribution in [0.3, 0.4) is 0 Å². The van der Waals surface area contributed by atoms with Gasteiger partial charge in [0, 0.05) is 44.4 Å². The lowest BCUT2D eigenvalue weighted by Crippen LogP contribution is -2.39. The first-order valence-corrected chi connectivity index (χ1v) is 13.3. The normalized spacial score (nSPS) is 12.7. The Balaban J connectivity index is 1.74. The van der Waals surface area contributed by atoms with E-state index in [0.717, 1.165) is 11.5 Å². The SMILES string of the molecule is CN(C(=O)OC(C)(C)C)c1cccc(CCN(C(=O)OC(C)(C)C)c2cccc(CCNC3=CC=C[C+]=N3)n2)n1. The minimum Gasteiger partial charge on any atom is -0.443 e. The molecule has 1 N–H and O–H groups in total. The second-order valence-electron chi connectivity index (χ2n) is 11.2. The Morgan fingerprint density at radius 3 is 2.10 bits per heavy atom. The summed E-state index contributed by atoms with van der Waals surface area (Å²) in [6, 6.07) is 11.0. The van der Waals surface area contributed by atoms with E-state index < -0.39 is 23.4 Å². The molecule has 3 heterocycles. The number of anilines is 2. The van der Waals surface area contributed by atoms with E-state index in [2.05, 4.69) is 21.5 Å². The number of hydrogen-bond donors (Lipinski definition) is 1. The monoisotopic (exact) mass is 547 g/mol. The molecule has 40 heavy (non-hydrogen) atoms. The highest BCUT2D eigenvalue weighted by Gasteiger charge is 2.25. The van der Waals surface area contributed by atoms with Crippen molar-refractivity contribution in [2.45, 2.75) is 65.6 Å². The predicted octanol–water partition coefficient (Wildman–Crippen LogP) is 5.32. The minimum absolute atomic E-state index is 0.278. The van der Waals surface area contributed by atoms with Gasteiger partial charge in [0.1, 0.15) is 28.9 Å². The lowest BCUT2D eigenvalue weighted by atomic mass is 10.2. The summed E-state index contributed by atoms with van der Waals surface area (Å²) in [7, 11) is 1.61. The van der Waals surface area contributed by atoms with Gasteiger partial charge in [-0.05, 0) is 70.8 Å². The molecule has 0 spiro atoms. The van der Waals surface area contributed by atoms with Gasteiger partial charge in [0.25, 0.3) is 0 Å². The fraction of sp³-hybridized carbons (Fsp3) is 0.433. The van der Waals surface area contributed by atoms with Crippen molar-refractivity contribution in [1.82, 2.24) is 15.3 Å². The Morgan fingerprint density at radius 1 is 0.875 bits per heavy atom. The number of nitrogens with one attached hydrogen (secondary N) is 1. The van der Waals surface area contributed by atoms with E-state index in [1.807, 2.05) is 78.0 Å². The van der Waals surface area contributed by atoms with Crippen LogP contribution in [-0.4, -0.2) is 59.7 Å². The van der Waals surface area contributed by atoms with Crippen LogP contribution >= 0.6 is 0 Å². The number of carbonyl (C=O) groups excluding carboxylic acids is 2. The second kappa shape index (κ2) is 13.2. The van der Waals surface area contributed by atoms with Crippen LogP contribution < -0.4 is 15.1 Å². The number of ether oxygens (including phenoxy) is 2. The molecule has 3 rings (SSSR count). The molecule has 10 nitrogen and oxygen atoms in total. The first-order chi connectivity index (χ1) is 18.8. The molecule has 10 heteroatoms. The van der Waals surface area contributed by atoms with Crippen molar-refractivity contribution in [2.24, 2.45) is 4.99 Å². The van der Waals surface area contributed by atoms with E-state index in [1.54, 1.807) is 25.3 Å². The summed E-state index contributed by atoms with van der Waals surface area (Å²) in [6.07, 6.45) is 8.34. The van der Waals surface area contributed by atoms with Crippen LogP contribution in [0.4, 0.5) is 21.2 Å². The van der Waals surface area contributed by atoms with Gasteiger partial charge in [-0.25, -0.2) is 19.6 Å². The van der Waals surface area contributed by atoms with Crippen LogP contribution in [0.1, 0.15) is 52.9 Å². The first-order valence-electron chi connectivity index (χ1n) is 13.3. The maximum atomic E-state index is 13.2. The predicted molar refractivity (Wildman–Crippen MR) is 157 cm³/mol. The molecule has 0 unspecified atom stereocenters. The van der Waals surface area contributed by atoms with Crippen LogP contribution in [0.5, 0.6) is 0 Å². The summed E-state index contributed by atoms with van der Waals surface area (Å²) in [4.78, 5) is 42.1. The standard InChI is InChI=1S/C30H39N6O4/c1-29(2,3)39-27(37)35(7)25-15-10-13-23(33-25)18-21-36(28(38)40-30(4,5)6)26-16-11-12-22(34-26)17-20-32-24-14-8-9-19-31-24/h8-16H,17-18,20-21H2,1-7H3,(H,31,32)/q+1. The number of pyridine rings is 2. The summed E-state index contributed by atoms with van der Waals surface area (Å²) in [5.74, 6) is 1.68. The van der Waals surface area contributed by atoms with E-state index >= 15 is 0 Å². The van der Waals surface area contributed by atoms with Gasteiger partial charge in [-0.15, -0.1) is 0 Å². The molecule has 2 aromatic rings. The van der Waals surface area contributed by atoms with Crippen LogP contribution in [0, 0.1) is 0 Å². The zero-order valence-electron chi connectivity index (χ0n) is 24.4. The summed E-state index contributed by atoms with van der Waals surface area (Å²) in [6.45, 7) is 11.8. The maximum absolute atomic E-state index is 13.2. The van der Waals surface area contributed by atoms with E-state index in [-0.39, 0.29) is 6.54 Å². The van der Waals surface area contributed by atoms with Gasteiger partial charge in [0.2, 0.25) is 5.82 Å². The lowest BCUT2D eigenvalue weighted by molar-refractivity contribution is 0.0572. The highest BCUT2D eigenvalue weighted by Crippen LogP contribution is 2.19. The Bertz CT molecular complexity index is 1270. The molecule has 0 bridgehead atoms. The van der Waals surface area contributed by atoms with Gasteiger partial charge >= 0.3 is 12.2 Å². The molecular formula is C30H39N6O4+. The molecule has 2 aromatic heterocycles. The third-order valence-electron chi connectivity index (χ3n) is 5.37. The van der Waals surface area contributed by atoms with Crippen molar-refractivity contribution in [1.29, 1.82) is 0 Å². The molecule has 212 valence electrons. The molecule has 1 aliphatic rings. The van der Waals surface area contributed by atoms with Crippen molar-refractivity contribution in [3.63, 3.8) is 0 Å². The fourth-order valence-electron chi connectivity index (χ4n) is 3.56. The van der Waals surface area contributed by atoms with Crippen LogP contribution in [0.15, 0.2) is 65.4 Å². The Morgan fingerprint density at radius 2 is 1.48 bits per heavy atom. The van der Waals surface area contributed by atoms with Crippen LogP contribution in [-0.2, 0) is 22.3 Å². The number of rotatable bonds is 9. The van der Waals surface area contributed by atoms with Crippen molar-refractivity contribution in [3.8, 4) is 0 Å². The van der Waals surface area contributed by atoms with Gasteiger partial charge in [0.05, 0.1) is 12.2 Å². The largest absolute Gasteiger partial charge is 0.443 e. The van der Waals surface area contributed by atoms with Gasteiger partial charge in [0.15, 0.2) is 6.21 Å². The molecule has 0 aliphatic carbocycles. The molecule has 0 saturated carbocycles. The molecule has 0 atom stereocenters. The number of hydrogen-bond acceptors (Lipinski definition) is 8. The number of amides is 2. The Kier molecular flexibility index (Phi) is 9.96. The average Bonchev–Trinajstić information content (AvgIpc) is 2.87. The number of carbonyl (C=O) groups is 2. The van der Waals surface area contributed by atoms with Gasteiger partial charge < -0.3 is 14.8 Å². The fourth-order valence-corrected chi connectivity index (χ4v) is 3.56. The molecule has 0 saturated heterocycles. The van der Waals surface area contributed by atoms with Crippen molar-refractivity contribution in [2.75, 3.05) is 29.9 Å². The highest BCUT2D eigenvalue weighted by molar-refractivity contribution is 5.87. The Hall–Kier alpha value is -4.30. The molecule has 0 fully saturated rings. The Labute approximate surface area is 236 Å².